The van der Waals surface area contributed by atoms with Gasteiger partial charge >= 0.3 is 0 Å². The third-order valence-electron chi connectivity index (χ3n) is 2.78. The first kappa shape index (κ1) is 12.2. The summed E-state index contributed by atoms with van der Waals surface area (Å²) >= 11 is 0. The first-order valence-corrected chi connectivity index (χ1v) is 5.62. The average Bonchev–Trinajstić information content (AvgIpc) is 2.87. The minimum absolute atomic E-state index is 0.000992. The molecular formula is C11H15N5O2. The fraction of sp³-hybridized carbons (Fsp3) is 0.364. The van der Waals surface area contributed by atoms with Gasteiger partial charge in [-0.2, -0.15) is 0 Å². The van der Waals surface area contributed by atoms with E-state index in [1.54, 1.807) is 24.1 Å². The lowest BCUT2D eigenvalue weighted by atomic mass is 10.2. The van der Waals surface area contributed by atoms with E-state index in [-0.39, 0.29) is 12.5 Å². The zero-order valence-corrected chi connectivity index (χ0v) is 10.3. The molecule has 0 radical (unpaired) electrons. The van der Waals surface area contributed by atoms with Crippen molar-refractivity contribution in [1.29, 1.82) is 0 Å². The van der Waals surface area contributed by atoms with Gasteiger partial charge in [0.05, 0.1) is 17.9 Å². The van der Waals surface area contributed by atoms with Crippen molar-refractivity contribution in [1.82, 2.24) is 15.2 Å². The Morgan fingerprint density at radius 2 is 2.17 bits per heavy atom. The Morgan fingerprint density at radius 3 is 2.89 bits per heavy atom. The Labute approximate surface area is 104 Å². The molecule has 0 aliphatic carbocycles. The molecule has 0 aliphatic heterocycles. The van der Waals surface area contributed by atoms with Crippen LogP contribution in [0.15, 0.2) is 16.8 Å². The molecule has 7 heteroatoms. The molecule has 1 aromatic heterocycles. The molecule has 0 saturated carbocycles. The van der Waals surface area contributed by atoms with Crippen LogP contribution >= 0.6 is 0 Å². The quantitative estimate of drug-likeness (QED) is 0.774. The number of amides is 1. The first-order valence-electron chi connectivity index (χ1n) is 5.62. The highest BCUT2D eigenvalue weighted by Crippen LogP contribution is 2.24. The summed E-state index contributed by atoms with van der Waals surface area (Å²) in [5, 5.41) is 10.5. The molecule has 2 aromatic rings. The van der Waals surface area contributed by atoms with E-state index in [0.717, 1.165) is 0 Å². The van der Waals surface area contributed by atoms with Crippen LogP contribution in [-0.2, 0) is 4.79 Å². The largest absolute Gasteiger partial charge is 0.397 e. The van der Waals surface area contributed by atoms with Gasteiger partial charge in [-0.15, -0.1) is 0 Å². The number of nitrogen functional groups attached to an aromatic ring is 1. The van der Waals surface area contributed by atoms with Gasteiger partial charge in [0.1, 0.15) is 0 Å². The Morgan fingerprint density at radius 1 is 1.44 bits per heavy atom. The number of carbonyl (C=O) groups excluding carboxylic acids is 1. The molecule has 18 heavy (non-hydrogen) atoms. The van der Waals surface area contributed by atoms with Crippen molar-refractivity contribution in [3.63, 3.8) is 0 Å². The van der Waals surface area contributed by atoms with Crippen LogP contribution in [0.4, 0.5) is 11.4 Å². The Bertz CT molecular complexity index is 566. The first-order chi connectivity index (χ1) is 8.63. The molecule has 1 aromatic carbocycles. The van der Waals surface area contributed by atoms with E-state index in [1.807, 2.05) is 6.92 Å². The standard InChI is InChI=1S/C11H15N5O2/c1-3-16(2)9(17)6-13-8-5-4-7(12)10-11(8)15-18-14-10/h4-5,13H,3,6,12H2,1-2H3. The molecule has 1 amide bonds. The molecule has 0 saturated heterocycles. The van der Waals surface area contributed by atoms with E-state index in [0.29, 0.717) is 29.0 Å². The molecule has 0 unspecified atom stereocenters. The Kier molecular flexibility index (Phi) is 3.31. The zero-order valence-electron chi connectivity index (χ0n) is 10.3. The van der Waals surface area contributed by atoms with Crippen LogP contribution in [0.2, 0.25) is 0 Å². The molecule has 0 bridgehead atoms. The predicted octanol–water partition coefficient (Wildman–Crippen LogP) is 0.695. The lowest BCUT2D eigenvalue weighted by Crippen LogP contribution is -2.31. The topological polar surface area (TPSA) is 97.3 Å². The number of carbonyl (C=O) groups is 1. The van der Waals surface area contributed by atoms with E-state index in [4.69, 9.17) is 5.73 Å². The van der Waals surface area contributed by atoms with Gasteiger partial charge in [0.2, 0.25) is 5.91 Å². The summed E-state index contributed by atoms with van der Waals surface area (Å²) in [4.78, 5) is 13.3. The lowest BCUT2D eigenvalue weighted by Gasteiger charge is -2.15. The summed E-state index contributed by atoms with van der Waals surface area (Å²) in [7, 11) is 1.75. The number of rotatable bonds is 4. The van der Waals surface area contributed by atoms with Gasteiger partial charge < -0.3 is 16.0 Å². The smallest absolute Gasteiger partial charge is 0.241 e. The second-order valence-electron chi connectivity index (χ2n) is 3.93. The van der Waals surface area contributed by atoms with Crippen molar-refractivity contribution in [2.45, 2.75) is 6.92 Å². The van der Waals surface area contributed by atoms with Gasteiger partial charge in [-0.3, -0.25) is 4.79 Å². The maximum absolute atomic E-state index is 11.7. The third-order valence-corrected chi connectivity index (χ3v) is 2.78. The SMILES string of the molecule is CCN(C)C(=O)CNc1ccc(N)c2nonc12. The van der Waals surface area contributed by atoms with E-state index >= 15 is 0 Å². The van der Waals surface area contributed by atoms with Gasteiger partial charge in [0.25, 0.3) is 0 Å². The van der Waals surface area contributed by atoms with E-state index in [2.05, 4.69) is 20.3 Å². The Balaban J connectivity index is 2.15. The van der Waals surface area contributed by atoms with Crippen LogP contribution in [0.25, 0.3) is 11.0 Å². The number of nitrogens with two attached hydrogens (primary N) is 1. The minimum atomic E-state index is -0.000992. The number of aromatic nitrogens is 2. The van der Waals surface area contributed by atoms with Crippen molar-refractivity contribution < 1.29 is 9.42 Å². The summed E-state index contributed by atoms with van der Waals surface area (Å²) < 4.78 is 4.65. The zero-order chi connectivity index (χ0) is 13.1. The molecule has 1 heterocycles. The molecule has 7 nitrogen and oxygen atoms in total. The third kappa shape index (κ3) is 2.20. The van der Waals surface area contributed by atoms with Gasteiger partial charge in [0.15, 0.2) is 11.0 Å². The predicted molar refractivity (Wildman–Crippen MR) is 68.0 cm³/mol. The molecule has 96 valence electrons. The van der Waals surface area contributed by atoms with Crippen molar-refractivity contribution >= 4 is 28.3 Å². The number of hydrogen-bond acceptors (Lipinski definition) is 6. The summed E-state index contributed by atoms with van der Waals surface area (Å²) in [5.41, 5.74) is 7.93. The van der Waals surface area contributed by atoms with Crippen molar-refractivity contribution in [3.05, 3.63) is 12.1 Å². The van der Waals surface area contributed by atoms with Crippen molar-refractivity contribution in [2.75, 3.05) is 31.2 Å². The number of hydrogen-bond donors (Lipinski definition) is 2. The summed E-state index contributed by atoms with van der Waals surface area (Å²) in [5.74, 6) is -0.000992. The van der Waals surface area contributed by atoms with Gasteiger partial charge in [-0.25, -0.2) is 4.63 Å². The normalized spacial score (nSPS) is 10.6. The molecule has 3 N–H and O–H groups in total. The Hall–Kier alpha value is -2.31. The second kappa shape index (κ2) is 4.91. The lowest BCUT2D eigenvalue weighted by molar-refractivity contribution is -0.127. The van der Waals surface area contributed by atoms with Crippen LogP contribution in [0.5, 0.6) is 0 Å². The van der Waals surface area contributed by atoms with Gasteiger partial charge in [-0.1, -0.05) is 0 Å². The number of likely N-dealkylation sites (N-methyl/N-ethyl adjacent to an activating group) is 1. The number of nitrogens with one attached hydrogen (secondary N) is 1. The maximum Gasteiger partial charge on any atom is 0.241 e. The van der Waals surface area contributed by atoms with E-state index in [1.165, 1.54) is 0 Å². The minimum Gasteiger partial charge on any atom is -0.397 e. The monoisotopic (exact) mass is 249 g/mol. The molecule has 2 rings (SSSR count). The molecular weight excluding hydrogens is 234 g/mol. The number of fused-ring (bicyclic) bond motifs is 1. The fourth-order valence-corrected chi connectivity index (χ4v) is 1.51. The summed E-state index contributed by atoms with van der Waals surface area (Å²) in [6, 6.07) is 3.45. The maximum atomic E-state index is 11.7. The van der Waals surface area contributed by atoms with Crippen LogP contribution < -0.4 is 11.1 Å². The highest BCUT2D eigenvalue weighted by molar-refractivity contribution is 5.96. The highest BCUT2D eigenvalue weighted by Gasteiger charge is 2.12. The molecule has 0 spiro atoms. The molecule has 0 atom stereocenters. The van der Waals surface area contributed by atoms with Gasteiger partial charge in [0, 0.05) is 13.6 Å². The second-order valence-corrected chi connectivity index (χ2v) is 3.93. The van der Waals surface area contributed by atoms with Crippen molar-refractivity contribution in [2.24, 2.45) is 0 Å². The number of nitrogens with zero attached hydrogens (tertiary/aromatic N) is 3. The van der Waals surface area contributed by atoms with Crippen molar-refractivity contribution in [3.8, 4) is 0 Å². The van der Waals surface area contributed by atoms with E-state index < -0.39 is 0 Å². The average molecular weight is 249 g/mol. The van der Waals surface area contributed by atoms with E-state index in [9.17, 15) is 4.79 Å². The fourth-order valence-electron chi connectivity index (χ4n) is 1.51. The van der Waals surface area contributed by atoms with Crippen LogP contribution in [0.3, 0.4) is 0 Å². The summed E-state index contributed by atoms with van der Waals surface area (Å²) in [6.07, 6.45) is 0. The molecule has 0 fully saturated rings. The van der Waals surface area contributed by atoms with Crippen LogP contribution in [0.1, 0.15) is 6.92 Å². The number of benzene rings is 1. The van der Waals surface area contributed by atoms with Crippen LogP contribution in [-0.4, -0.2) is 41.3 Å². The number of anilines is 2. The van der Waals surface area contributed by atoms with Crippen LogP contribution in [0, 0.1) is 0 Å². The summed E-state index contributed by atoms with van der Waals surface area (Å²) in [6.45, 7) is 2.78. The van der Waals surface area contributed by atoms with Gasteiger partial charge in [-0.05, 0) is 29.4 Å². The molecule has 0 aliphatic rings. The highest BCUT2D eigenvalue weighted by atomic mass is 16.6.